The van der Waals surface area contributed by atoms with Crippen LogP contribution in [-0.2, 0) is 9.53 Å². The van der Waals surface area contributed by atoms with E-state index in [1.807, 2.05) is 54.6 Å². The fraction of sp³-hybridized carbons (Fsp3) is 0.208. The third kappa shape index (κ3) is 5.44. The Morgan fingerprint density at radius 2 is 1.50 bits per heavy atom. The van der Waals surface area contributed by atoms with Gasteiger partial charge >= 0.3 is 5.97 Å². The zero-order valence-corrected chi connectivity index (χ0v) is 16.8. The Bertz CT molecular complexity index is 984. The summed E-state index contributed by atoms with van der Waals surface area (Å²) in [5.41, 5.74) is 0. The second kappa shape index (κ2) is 10.8. The second-order valence-corrected chi connectivity index (χ2v) is 6.18. The molecule has 3 aromatic carbocycles. The average Bonchev–Trinajstić information content (AvgIpc) is 2.80. The Morgan fingerprint density at radius 3 is 2.23 bits per heavy atom. The molecule has 0 heterocycles. The number of rotatable bonds is 11. The van der Waals surface area contributed by atoms with Crippen molar-refractivity contribution in [3.63, 3.8) is 0 Å². The van der Waals surface area contributed by atoms with Crippen molar-refractivity contribution >= 4 is 16.7 Å². The predicted molar refractivity (Wildman–Crippen MR) is 115 cm³/mol. The van der Waals surface area contributed by atoms with E-state index in [0.717, 1.165) is 22.6 Å². The molecule has 156 valence electrons. The third-order valence-electron chi connectivity index (χ3n) is 4.24. The molecule has 0 radical (unpaired) electrons. The van der Waals surface area contributed by atoms with Gasteiger partial charge in [0, 0.05) is 22.9 Å². The van der Waals surface area contributed by atoms with E-state index in [1.54, 1.807) is 13.2 Å². The molecular formula is C24H24O6. The number of methoxy groups -OCH3 is 1. The molecule has 0 aliphatic carbocycles. The maximum Gasteiger partial charge on any atom is 0.330 e. The van der Waals surface area contributed by atoms with Gasteiger partial charge in [0.25, 0.3) is 0 Å². The van der Waals surface area contributed by atoms with Gasteiger partial charge in [-0.3, -0.25) is 0 Å². The van der Waals surface area contributed by atoms with Gasteiger partial charge in [0.2, 0.25) is 0 Å². The molecule has 0 aliphatic rings. The van der Waals surface area contributed by atoms with Gasteiger partial charge in [-0.2, -0.15) is 0 Å². The summed E-state index contributed by atoms with van der Waals surface area (Å²) in [5.74, 6) is 2.07. The number of hydrogen-bond acceptors (Lipinski definition) is 6. The first-order chi connectivity index (χ1) is 14.7. The summed E-state index contributed by atoms with van der Waals surface area (Å²) in [6.07, 6.45) is 1.11. The van der Waals surface area contributed by atoms with Crippen molar-refractivity contribution < 1.29 is 28.5 Å². The maximum atomic E-state index is 11.2. The van der Waals surface area contributed by atoms with Crippen molar-refractivity contribution in [2.45, 2.75) is 0 Å². The molecule has 3 aromatic rings. The van der Waals surface area contributed by atoms with Crippen LogP contribution in [0.4, 0.5) is 0 Å². The molecule has 0 fully saturated rings. The maximum absolute atomic E-state index is 11.2. The van der Waals surface area contributed by atoms with E-state index in [4.69, 9.17) is 23.7 Å². The van der Waals surface area contributed by atoms with Gasteiger partial charge in [0.05, 0.1) is 7.11 Å². The van der Waals surface area contributed by atoms with Crippen molar-refractivity contribution in [1.82, 2.24) is 0 Å². The number of carbonyl (C=O) groups excluding carboxylic acids is 1. The smallest absolute Gasteiger partial charge is 0.330 e. The summed E-state index contributed by atoms with van der Waals surface area (Å²) in [6.45, 7) is 4.44. The van der Waals surface area contributed by atoms with E-state index in [9.17, 15) is 4.79 Å². The van der Waals surface area contributed by atoms with Crippen LogP contribution in [0, 0.1) is 0 Å². The molecule has 0 unspecified atom stereocenters. The fourth-order valence-electron chi connectivity index (χ4n) is 2.88. The minimum absolute atomic E-state index is 0.109. The second-order valence-electron chi connectivity index (χ2n) is 6.18. The molecule has 0 spiro atoms. The zero-order chi connectivity index (χ0) is 21.2. The number of para-hydroxylation sites is 1. The van der Waals surface area contributed by atoms with Gasteiger partial charge < -0.3 is 23.7 Å². The number of esters is 1. The summed E-state index contributed by atoms with van der Waals surface area (Å²) in [4.78, 5) is 11.2. The number of benzene rings is 3. The summed E-state index contributed by atoms with van der Waals surface area (Å²) in [5, 5.41) is 1.72. The number of ether oxygens (including phenoxy) is 5. The Kier molecular flexibility index (Phi) is 7.55. The van der Waals surface area contributed by atoms with Crippen LogP contribution in [0.3, 0.4) is 0 Å². The molecule has 0 aromatic heterocycles. The van der Waals surface area contributed by atoms with Gasteiger partial charge in [-0.05, 0) is 12.1 Å². The molecule has 0 saturated carbocycles. The molecule has 6 nitrogen and oxygen atoms in total. The van der Waals surface area contributed by atoms with Gasteiger partial charge in [-0.25, -0.2) is 4.79 Å². The van der Waals surface area contributed by atoms with E-state index < -0.39 is 5.97 Å². The van der Waals surface area contributed by atoms with Crippen LogP contribution in [0.15, 0.2) is 73.3 Å². The van der Waals surface area contributed by atoms with E-state index in [0.29, 0.717) is 30.5 Å². The highest BCUT2D eigenvalue weighted by Crippen LogP contribution is 2.41. The lowest BCUT2D eigenvalue weighted by Crippen LogP contribution is -2.11. The lowest BCUT2D eigenvalue weighted by molar-refractivity contribution is -0.138. The summed E-state index contributed by atoms with van der Waals surface area (Å²) < 4.78 is 28.0. The summed E-state index contributed by atoms with van der Waals surface area (Å²) in [6, 6.07) is 19.1. The topological polar surface area (TPSA) is 63.2 Å². The van der Waals surface area contributed by atoms with Crippen molar-refractivity contribution in [2.75, 3.05) is 33.5 Å². The normalized spacial score (nSPS) is 10.3. The Balaban J connectivity index is 1.71. The lowest BCUT2D eigenvalue weighted by atomic mass is 10.1. The van der Waals surface area contributed by atoms with Crippen LogP contribution in [-0.4, -0.2) is 39.5 Å². The van der Waals surface area contributed by atoms with Gasteiger partial charge in [-0.15, -0.1) is 0 Å². The van der Waals surface area contributed by atoms with Crippen LogP contribution < -0.4 is 18.9 Å². The van der Waals surface area contributed by atoms with Crippen molar-refractivity contribution in [3.05, 3.63) is 73.3 Å². The van der Waals surface area contributed by atoms with E-state index >= 15 is 0 Å². The SMILES string of the molecule is C=CC(=O)OCCOc1c(OC)cc(OCCOc2ccccc2)c2ccccc12. The van der Waals surface area contributed by atoms with Crippen LogP contribution in [0.5, 0.6) is 23.0 Å². The third-order valence-corrected chi connectivity index (χ3v) is 4.24. The average molecular weight is 408 g/mol. The number of hydrogen-bond donors (Lipinski definition) is 0. The molecular weight excluding hydrogens is 384 g/mol. The lowest BCUT2D eigenvalue weighted by Gasteiger charge is -2.17. The van der Waals surface area contributed by atoms with Crippen molar-refractivity contribution in [3.8, 4) is 23.0 Å². The molecule has 0 saturated heterocycles. The van der Waals surface area contributed by atoms with Crippen LogP contribution in [0.1, 0.15) is 0 Å². The molecule has 0 amide bonds. The van der Waals surface area contributed by atoms with E-state index in [2.05, 4.69) is 6.58 Å². The highest BCUT2D eigenvalue weighted by atomic mass is 16.6. The monoisotopic (exact) mass is 408 g/mol. The summed E-state index contributed by atoms with van der Waals surface area (Å²) in [7, 11) is 1.57. The van der Waals surface area contributed by atoms with Crippen LogP contribution >= 0.6 is 0 Å². The Labute approximate surface area is 175 Å². The highest BCUT2D eigenvalue weighted by molar-refractivity contribution is 5.95. The summed E-state index contributed by atoms with van der Waals surface area (Å²) >= 11 is 0. The van der Waals surface area contributed by atoms with Crippen molar-refractivity contribution in [2.24, 2.45) is 0 Å². The first-order valence-electron chi connectivity index (χ1n) is 9.55. The Hall–Kier alpha value is -3.67. The zero-order valence-electron chi connectivity index (χ0n) is 16.8. The van der Waals surface area contributed by atoms with E-state index in [1.165, 1.54) is 0 Å². The van der Waals surface area contributed by atoms with E-state index in [-0.39, 0.29) is 13.2 Å². The standard InChI is InChI=1S/C24H24O6/c1-3-23(25)29-15-16-30-24-20-12-8-7-11-19(20)21(17-22(24)26-2)28-14-13-27-18-9-5-4-6-10-18/h3-12,17H,1,13-16H2,2H3. The van der Waals surface area contributed by atoms with Crippen LogP contribution in [0.2, 0.25) is 0 Å². The quantitative estimate of drug-likeness (QED) is 0.266. The minimum atomic E-state index is -0.489. The molecule has 3 rings (SSSR count). The van der Waals surface area contributed by atoms with Gasteiger partial charge in [0.15, 0.2) is 11.5 Å². The highest BCUT2D eigenvalue weighted by Gasteiger charge is 2.15. The molecule has 6 heteroatoms. The molecule has 0 N–H and O–H groups in total. The van der Waals surface area contributed by atoms with Gasteiger partial charge in [0.1, 0.15) is 37.9 Å². The largest absolute Gasteiger partial charge is 0.493 e. The fourth-order valence-corrected chi connectivity index (χ4v) is 2.88. The number of fused-ring (bicyclic) bond motifs is 1. The minimum Gasteiger partial charge on any atom is -0.493 e. The molecule has 30 heavy (non-hydrogen) atoms. The molecule has 0 aliphatic heterocycles. The first kappa shape index (κ1) is 21.0. The molecule has 0 atom stereocenters. The number of carbonyl (C=O) groups is 1. The Morgan fingerprint density at radius 1 is 0.833 bits per heavy atom. The van der Waals surface area contributed by atoms with Crippen molar-refractivity contribution in [1.29, 1.82) is 0 Å². The first-order valence-corrected chi connectivity index (χ1v) is 9.55. The van der Waals surface area contributed by atoms with Crippen LogP contribution in [0.25, 0.3) is 10.8 Å². The molecule has 0 bridgehead atoms. The van der Waals surface area contributed by atoms with Gasteiger partial charge in [-0.1, -0.05) is 49.0 Å². The predicted octanol–water partition coefficient (Wildman–Crippen LogP) is 4.41.